The molecule has 3 heteroatoms. The zero-order chi connectivity index (χ0) is 13.3. The molecule has 0 amide bonds. The number of aryl methyl sites for hydroxylation is 1. The minimum atomic E-state index is -1.78. The van der Waals surface area contributed by atoms with Crippen LogP contribution in [0.15, 0.2) is 18.2 Å². The maximum atomic E-state index is 9.26. The van der Waals surface area contributed by atoms with Crippen molar-refractivity contribution in [2.24, 2.45) is 0 Å². The Morgan fingerprint density at radius 1 is 1.24 bits per heavy atom. The number of rotatable bonds is 3. The Labute approximate surface area is 106 Å². The number of hydrogen-bond acceptors (Lipinski definition) is 2. The van der Waals surface area contributed by atoms with Gasteiger partial charge in [0.15, 0.2) is 0 Å². The van der Waals surface area contributed by atoms with Crippen molar-refractivity contribution in [2.45, 2.75) is 52.4 Å². The van der Waals surface area contributed by atoms with E-state index in [0.29, 0.717) is 0 Å². The summed E-state index contributed by atoms with van der Waals surface area (Å²) in [5.74, 6) is 0.881. The Hall–Kier alpha value is -0.803. The Balaban J connectivity index is 2.96. The van der Waals surface area contributed by atoms with Gasteiger partial charge in [-0.3, -0.25) is 0 Å². The van der Waals surface area contributed by atoms with Crippen LogP contribution in [0.4, 0.5) is 0 Å². The van der Waals surface area contributed by atoms with Crippen molar-refractivity contribution in [3.63, 3.8) is 0 Å². The molecule has 0 bridgehead atoms. The van der Waals surface area contributed by atoms with Gasteiger partial charge in [-0.15, -0.1) is 0 Å². The molecule has 0 spiro atoms. The van der Waals surface area contributed by atoms with E-state index >= 15 is 0 Å². The molecule has 0 saturated heterocycles. The molecule has 0 fully saturated rings. The highest BCUT2D eigenvalue weighted by Crippen LogP contribution is 2.37. The Morgan fingerprint density at radius 2 is 1.82 bits per heavy atom. The van der Waals surface area contributed by atoms with Crippen LogP contribution in [-0.4, -0.2) is 13.4 Å². The smallest absolute Gasteiger partial charge is 0.250 e. The van der Waals surface area contributed by atoms with E-state index < -0.39 is 8.32 Å². The summed E-state index contributed by atoms with van der Waals surface area (Å²) in [7, 11) is -1.78. The number of aliphatic hydroxyl groups is 1. The summed E-state index contributed by atoms with van der Waals surface area (Å²) in [6, 6.07) is 5.96. The SMILES string of the molecule is Cc1ccc(O[Si](C)(C)C(C)(C)C)cc1CO. The summed E-state index contributed by atoms with van der Waals surface area (Å²) in [5.41, 5.74) is 2.05. The summed E-state index contributed by atoms with van der Waals surface area (Å²) < 4.78 is 6.19. The third-order valence-corrected chi connectivity index (χ3v) is 8.03. The standard InChI is InChI=1S/C14H24O2Si/c1-11-7-8-13(9-12(11)10-15)16-17(5,6)14(2,3)4/h7-9,15H,10H2,1-6H3. The minimum absolute atomic E-state index is 0.0700. The van der Waals surface area contributed by atoms with Gasteiger partial charge in [0, 0.05) is 0 Å². The summed E-state index contributed by atoms with van der Waals surface area (Å²) >= 11 is 0. The Bertz CT molecular complexity index is 392. The average Bonchev–Trinajstić information content (AvgIpc) is 2.19. The van der Waals surface area contributed by atoms with Crippen LogP contribution in [0.25, 0.3) is 0 Å². The van der Waals surface area contributed by atoms with Crippen LogP contribution in [0.5, 0.6) is 5.75 Å². The van der Waals surface area contributed by atoms with Gasteiger partial charge in [-0.1, -0.05) is 26.8 Å². The molecule has 96 valence electrons. The van der Waals surface area contributed by atoms with Crippen LogP contribution < -0.4 is 4.43 Å². The average molecular weight is 252 g/mol. The van der Waals surface area contributed by atoms with Gasteiger partial charge in [-0.05, 0) is 48.3 Å². The first-order chi connectivity index (χ1) is 7.67. The normalized spacial score (nSPS) is 12.6. The van der Waals surface area contributed by atoms with Crippen molar-refractivity contribution in [1.29, 1.82) is 0 Å². The van der Waals surface area contributed by atoms with E-state index in [1.54, 1.807) is 0 Å². The first-order valence-corrected chi connectivity index (χ1v) is 8.97. The van der Waals surface area contributed by atoms with Gasteiger partial charge in [-0.25, -0.2) is 0 Å². The molecule has 0 saturated carbocycles. The summed E-state index contributed by atoms with van der Waals surface area (Å²) in [6.07, 6.45) is 0. The molecule has 1 N–H and O–H groups in total. The monoisotopic (exact) mass is 252 g/mol. The summed E-state index contributed by atoms with van der Waals surface area (Å²) in [6.45, 7) is 13.2. The second-order valence-corrected chi connectivity index (χ2v) is 10.8. The molecule has 1 rings (SSSR count). The molecule has 1 aromatic carbocycles. The fourth-order valence-corrected chi connectivity index (χ4v) is 2.35. The Morgan fingerprint density at radius 3 is 2.29 bits per heavy atom. The fraction of sp³-hybridized carbons (Fsp3) is 0.571. The molecule has 0 heterocycles. The third kappa shape index (κ3) is 3.33. The van der Waals surface area contributed by atoms with Gasteiger partial charge in [0.25, 0.3) is 0 Å². The van der Waals surface area contributed by atoms with E-state index in [-0.39, 0.29) is 11.6 Å². The molecular formula is C14H24O2Si. The lowest BCUT2D eigenvalue weighted by Crippen LogP contribution is -2.43. The molecule has 0 atom stereocenters. The topological polar surface area (TPSA) is 29.5 Å². The zero-order valence-electron chi connectivity index (χ0n) is 11.8. The van der Waals surface area contributed by atoms with E-state index in [4.69, 9.17) is 4.43 Å². The predicted molar refractivity (Wildman–Crippen MR) is 74.9 cm³/mol. The van der Waals surface area contributed by atoms with E-state index in [0.717, 1.165) is 16.9 Å². The van der Waals surface area contributed by atoms with Crippen LogP contribution in [0, 0.1) is 6.92 Å². The van der Waals surface area contributed by atoms with Crippen LogP contribution >= 0.6 is 0 Å². The molecule has 0 aliphatic rings. The molecule has 0 unspecified atom stereocenters. The molecule has 0 aromatic heterocycles. The largest absolute Gasteiger partial charge is 0.543 e. The first kappa shape index (κ1) is 14.3. The molecule has 1 aromatic rings. The van der Waals surface area contributed by atoms with Crippen LogP contribution in [0.3, 0.4) is 0 Å². The lowest BCUT2D eigenvalue weighted by molar-refractivity contribution is 0.280. The van der Waals surface area contributed by atoms with Gasteiger partial charge in [0.05, 0.1) is 6.61 Å². The fourth-order valence-electron chi connectivity index (χ4n) is 1.33. The van der Waals surface area contributed by atoms with Crippen molar-refractivity contribution in [3.05, 3.63) is 29.3 Å². The second-order valence-electron chi connectivity index (χ2n) is 6.11. The van der Waals surface area contributed by atoms with E-state index in [1.807, 2.05) is 25.1 Å². The lowest BCUT2D eigenvalue weighted by Gasteiger charge is -2.36. The molecular weight excluding hydrogens is 228 g/mol. The zero-order valence-corrected chi connectivity index (χ0v) is 12.8. The quantitative estimate of drug-likeness (QED) is 0.827. The van der Waals surface area contributed by atoms with Crippen LogP contribution in [0.2, 0.25) is 18.1 Å². The number of benzene rings is 1. The molecule has 0 aliphatic heterocycles. The predicted octanol–water partition coefficient (Wildman–Crippen LogP) is 3.87. The van der Waals surface area contributed by atoms with E-state index in [9.17, 15) is 5.11 Å². The van der Waals surface area contributed by atoms with Gasteiger partial charge in [-0.2, -0.15) is 0 Å². The van der Waals surface area contributed by atoms with Crippen molar-refractivity contribution in [2.75, 3.05) is 0 Å². The highest BCUT2D eigenvalue weighted by molar-refractivity contribution is 6.74. The third-order valence-electron chi connectivity index (χ3n) is 3.67. The van der Waals surface area contributed by atoms with Crippen LogP contribution in [0.1, 0.15) is 31.9 Å². The van der Waals surface area contributed by atoms with Crippen molar-refractivity contribution >= 4 is 8.32 Å². The maximum absolute atomic E-state index is 9.26. The number of hydrogen-bond donors (Lipinski definition) is 1. The van der Waals surface area contributed by atoms with Crippen molar-refractivity contribution in [3.8, 4) is 5.75 Å². The van der Waals surface area contributed by atoms with Crippen molar-refractivity contribution < 1.29 is 9.53 Å². The lowest BCUT2D eigenvalue weighted by atomic mass is 10.1. The molecule has 2 nitrogen and oxygen atoms in total. The van der Waals surface area contributed by atoms with E-state index in [1.165, 1.54) is 0 Å². The minimum Gasteiger partial charge on any atom is -0.543 e. The van der Waals surface area contributed by atoms with E-state index in [2.05, 4.69) is 33.9 Å². The van der Waals surface area contributed by atoms with Gasteiger partial charge in [0.2, 0.25) is 8.32 Å². The maximum Gasteiger partial charge on any atom is 0.250 e. The first-order valence-electron chi connectivity index (χ1n) is 6.07. The summed E-state index contributed by atoms with van der Waals surface area (Å²) in [4.78, 5) is 0. The van der Waals surface area contributed by atoms with Gasteiger partial charge < -0.3 is 9.53 Å². The van der Waals surface area contributed by atoms with Crippen LogP contribution in [-0.2, 0) is 6.61 Å². The number of aliphatic hydroxyl groups excluding tert-OH is 1. The second kappa shape index (κ2) is 4.82. The van der Waals surface area contributed by atoms with Gasteiger partial charge >= 0.3 is 0 Å². The van der Waals surface area contributed by atoms with Gasteiger partial charge in [0.1, 0.15) is 5.75 Å². The molecule has 17 heavy (non-hydrogen) atoms. The summed E-state index contributed by atoms with van der Waals surface area (Å²) in [5, 5.41) is 9.45. The molecule has 0 aliphatic carbocycles. The molecule has 0 radical (unpaired) electrons. The highest BCUT2D eigenvalue weighted by Gasteiger charge is 2.38. The Kier molecular flexibility index (Phi) is 4.05. The highest BCUT2D eigenvalue weighted by atomic mass is 28.4. The van der Waals surface area contributed by atoms with Crippen molar-refractivity contribution in [1.82, 2.24) is 0 Å².